The van der Waals surface area contributed by atoms with E-state index in [9.17, 15) is 4.79 Å². The molecule has 3 nitrogen and oxygen atoms in total. The Morgan fingerprint density at radius 3 is 2.59 bits per heavy atom. The highest BCUT2D eigenvalue weighted by atomic mass is 79.9. The fourth-order valence-corrected chi connectivity index (χ4v) is 5.20. The Labute approximate surface area is 172 Å². The van der Waals surface area contributed by atoms with E-state index < -0.39 is 0 Å². The largest absolute Gasteiger partial charge is 0.451 e. The lowest BCUT2D eigenvalue weighted by Gasteiger charge is -2.20. The van der Waals surface area contributed by atoms with E-state index in [-0.39, 0.29) is 5.91 Å². The van der Waals surface area contributed by atoms with Crippen LogP contribution in [0.2, 0.25) is 0 Å². The van der Waals surface area contributed by atoms with Crippen molar-refractivity contribution in [3.05, 3.63) is 64.3 Å². The second-order valence-corrected chi connectivity index (χ2v) is 9.14. The molecule has 0 aliphatic heterocycles. The number of thioether (sulfide) groups is 1. The van der Waals surface area contributed by atoms with Gasteiger partial charge in [-0.3, -0.25) is 4.79 Å². The minimum absolute atomic E-state index is 0.187. The molecule has 140 valence electrons. The highest BCUT2D eigenvalue weighted by Gasteiger charge is 2.22. The molecule has 0 spiro atoms. The van der Waals surface area contributed by atoms with E-state index in [1.54, 1.807) is 0 Å². The van der Waals surface area contributed by atoms with E-state index in [0.717, 1.165) is 32.4 Å². The third-order valence-electron chi connectivity index (χ3n) is 5.02. The number of furan rings is 1. The molecule has 1 saturated carbocycles. The van der Waals surface area contributed by atoms with Crippen LogP contribution in [0.3, 0.4) is 0 Å². The maximum Gasteiger partial charge on any atom is 0.291 e. The number of carbonyl (C=O) groups is 1. The molecule has 3 aromatic rings. The van der Waals surface area contributed by atoms with Crippen LogP contribution in [0, 0.1) is 0 Å². The molecule has 1 amide bonds. The summed E-state index contributed by atoms with van der Waals surface area (Å²) in [4.78, 5) is 12.9. The number of rotatable bonds is 5. The molecule has 1 fully saturated rings. The number of carbonyl (C=O) groups excluding carboxylic acids is 1. The van der Waals surface area contributed by atoms with Gasteiger partial charge in [-0.25, -0.2) is 0 Å². The van der Waals surface area contributed by atoms with Crippen molar-refractivity contribution in [2.75, 3.05) is 5.32 Å². The van der Waals surface area contributed by atoms with Gasteiger partial charge in [0.1, 0.15) is 5.58 Å². The Hall–Kier alpha value is -1.72. The lowest BCUT2D eigenvalue weighted by molar-refractivity contribution is 0.0998. The van der Waals surface area contributed by atoms with Crippen molar-refractivity contribution in [2.24, 2.45) is 0 Å². The van der Waals surface area contributed by atoms with Crippen LogP contribution in [0.4, 0.5) is 5.69 Å². The topological polar surface area (TPSA) is 42.2 Å². The Kier molecular flexibility index (Phi) is 5.89. The van der Waals surface area contributed by atoms with E-state index in [1.807, 2.05) is 60.3 Å². The van der Waals surface area contributed by atoms with Crippen LogP contribution in [-0.4, -0.2) is 11.2 Å². The molecule has 1 heterocycles. The standard InChI is InChI=1S/C22H22BrNO2S/c23-15-10-12-16(13-11-15)24-22(25)21-19(14-27-17-6-2-1-3-7-17)18-8-4-5-9-20(18)26-21/h4-5,8-13,17H,1-3,6-7,14H2,(H,24,25). The Morgan fingerprint density at radius 1 is 1.07 bits per heavy atom. The van der Waals surface area contributed by atoms with Crippen molar-refractivity contribution < 1.29 is 9.21 Å². The van der Waals surface area contributed by atoms with Gasteiger partial charge in [-0.15, -0.1) is 0 Å². The predicted molar refractivity (Wildman–Crippen MR) is 116 cm³/mol. The van der Waals surface area contributed by atoms with Crippen molar-refractivity contribution in [1.29, 1.82) is 0 Å². The van der Waals surface area contributed by atoms with Crippen LogP contribution in [0.1, 0.15) is 48.2 Å². The lowest BCUT2D eigenvalue weighted by Crippen LogP contribution is -2.13. The molecule has 1 N–H and O–H groups in total. The molecule has 1 aliphatic carbocycles. The zero-order valence-electron chi connectivity index (χ0n) is 15.0. The second-order valence-electron chi connectivity index (χ2n) is 6.94. The summed E-state index contributed by atoms with van der Waals surface area (Å²) in [5.41, 5.74) is 2.54. The number of fused-ring (bicyclic) bond motifs is 1. The number of halogens is 1. The summed E-state index contributed by atoms with van der Waals surface area (Å²) in [6.45, 7) is 0. The Morgan fingerprint density at radius 2 is 1.81 bits per heavy atom. The Bertz CT molecular complexity index is 929. The third kappa shape index (κ3) is 4.41. The van der Waals surface area contributed by atoms with Crippen LogP contribution in [0.5, 0.6) is 0 Å². The van der Waals surface area contributed by atoms with E-state index >= 15 is 0 Å². The van der Waals surface area contributed by atoms with Gasteiger partial charge < -0.3 is 9.73 Å². The van der Waals surface area contributed by atoms with Gasteiger partial charge in [0.2, 0.25) is 0 Å². The molecule has 27 heavy (non-hydrogen) atoms. The first-order valence-electron chi connectivity index (χ1n) is 9.39. The molecule has 0 unspecified atom stereocenters. The number of hydrogen-bond acceptors (Lipinski definition) is 3. The molecule has 0 saturated heterocycles. The average molecular weight is 444 g/mol. The number of amides is 1. The highest BCUT2D eigenvalue weighted by molar-refractivity contribution is 9.10. The highest BCUT2D eigenvalue weighted by Crippen LogP contribution is 2.35. The van der Waals surface area contributed by atoms with Crippen molar-refractivity contribution in [3.8, 4) is 0 Å². The maximum absolute atomic E-state index is 12.9. The van der Waals surface area contributed by atoms with Crippen molar-refractivity contribution >= 4 is 50.3 Å². The van der Waals surface area contributed by atoms with Gasteiger partial charge >= 0.3 is 0 Å². The van der Waals surface area contributed by atoms with E-state index in [4.69, 9.17) is 4.42 Å². The third-order valence-corrected chi connectivity index (χ3v) is 6.95. The van der Waals surface area contributed by atoms with Gasteiger partial charge in [-0.2, -0.15) is 11.8 Å². The molecule has 1 aliphatic rings. The quantitative estimate of drug-likeness (QED) is 0.460. The van der Waals surface area contributed by atoms with Crippen LogP contribution < -0.4 is 5.32 Å². The predicted octanol–water partition coefficient (Wildman–Crippen LogP) is 7.01. The van der Waals surface area contributed by atoms with Gasteiger partial charge in [0.25, 0.3) is 5.91 Å². The van der Waals surface area contributed by atoms with Gasteiger partial charge in [-0.1, -0.05) is 53.4 Å². The average Bonchev–Trinajstić information content (AvgIpc) is 3.08. The first-order chi connectivity index (χ1) is 13.2. The molecule has 5 heteroatoms. The van der Waals surface area contributed by atoms with Crippen molar-refractivity contribution in [3.63, 3.8) is 0 Å². The van der Waals surface area contributed by atoms with Crippen LogP contribution in [-0.2, 0) is 5.75 Å². The summed E-state index contributed by atoms with van der Waals surface area (Å²) in [6, 6.07) is 15.5. The molecule has 0 radical (unpaired) electrons. The first kappa shape index (κ1) is 18.6. The van der Waals surface area contributed by atoms with Crippen molar-refractivity contribution in [1.82, 2.24) is 0 Å². The monoisotopic (exact) mass is 443 g/mol. The number of anilines is 1. The van der Waals surface area contributed by atoms with E-state index in [1.165, 1.54) is 32.1 Å². The summed E-state index contributed by atoms with van der Waals surface area (Å²) in [7, 11) is 0. The lowest BCUT2D eigenvalue weighted by atomic mass is 10.0. The number of para-hydroxylation sites is 1. The summed E-state index contributed by atoms with van der Waals surface area (Å²) in [6.07, 6.45) is 6.55. The minimum atomic E-state index is -0.187. The smallest absolute Gasteiger partial charge is 0.291 e. The molecular weight excluding hydrogens is 422 g/mol. The number of hydrogen-bond donors (Lipinski definition) is 1. The zero-order chi connectivity index (χ0) is 18.6. The number of benzene rings is 2. The second kappa shape index (κ2) is 8.53. The normalized spacial score (nSPS) is 15.1. The maximum atomic E-state index is 12.9. The summed E-state index contributed by atoms with van der Waals surface area (Å²) in [5, 5.41) is 4.69. The molecule has 1 aromatic heterocycles. The van der Waals surface area contributed by atoms with E-state index in [2.05, 4.69) is 21.2 Å². The molecular formula is C22H22BrNO2S. The first-order valence-corrected chi connectivity index (χ1v) is 11.2. The fraction of sp³-hybridized carbons (Fsp3) is 0.318. The van der Waals surface area contributed by atoms with Gasteiger partial charge in [0.05, 0.1) is 0 Å². The van der Waals surface area contributed by atoms with Crippen molar-refractivity contribution in [2.45, 2.75) is 43.1 Å². The molecule has 4 rings (SSSR count). The van der Waals surface area contributed by atoms with Crippen LogP contribution >= 0.6 is 27.7 Å². The van der Waals surface area contributed by atoms with Gasteiger partial charge in [0.15, 0.2) is 5.76 Å². The number of nitrogens with one attached hydrogen (secondary N) is 1. The van der Waals surface area contributed by atoms with Crippen LogP contribution in [0.25, 0.3) is 11.0 Å². The summed E-state index contributed by atoms with van der Waals surface area (Å²) in [5.74, 6) is 1.06. The molecule has 0 atom stereocenters. The van der Waals surface area contributed by atoms with Gasteiger partial charge in [0, 0.05) is 32.1 Å². The minimum Gasteiger partial charge on any atom is -0.451 e. The molecule has 2 aromatic carbocycles. The fourth-order valence-electron chi connectivity index (χ4n) is 3.58. The van der Waals surface area contributed by atoms with E-state index in [0.29, 0.717) is 11.0 Å². The Balaban J connectivity index is 1.58. The van der Waals surface area contributed by atoms with Crippen LogP contribution in [0.15, 0.2) is 57.4 Å². The summed E-state index contributed by atoms with van der Waals surface area (Å²) < 4.78 is 6.94. The summed E-state index contributed by atoms with van der Waals surface area (Å²) >= 11 is 5.38. The van der Waals surface area contributed by atoms with Gasteiger partial charge in [-0.05, 0) is 43.2 Å². The molecule has 0 bridgehead atoms. The SMILES string of the molecule is O=C(Nc1ccc(Br)cc1)c1oc2ccccc2c1CSC1CCCCC1. The zero-order valence-corrected chi connectivity index (χ0v) is 17.4.